The van der Waals surface area contributed by atoms with E-state index in [4.69, 9.17) is 23.2 Å². The first kappa shape index (κ1) is 16.8. The average molecular weight is 387 g/mol. The standard InChI is InChI=1S/C17H18BrCl2N/c1-2-8-21-17(10-12-4-3-5-13(19)9-12)15-11-14(20)6-7-16(15)18/h3-7,9,11,17,21H,2,8,10H2,1H3. The molecule has 21 heavy (non-hydrogen) atoms. The van der Waals surface area contributed by atoms with Crippen LogP contribution < -0.4 is 5.32 Å². The van der Waals surface area contributed by atoms with Crippen LogP contribution >= 0.6 is 39.1 Å². The van der Waals surface area contributed by atoms with Crippen molar-refractivity contribution in [3.8, 4) is 0 Å². The van der Waals surface area contributed by atoms with E-state index in [1.165, 1.54) is 11.1 Å². The summed E-state index contributed by atoms with van der Waals surface area (Å²) < 4.78 is 1.07. The third-order valence-corrected chi connectivity index (χ3v) is 4.50. The maximum atomic E-state index is 6.15. The Labute approximate surface area is 144 Å². The minimum absolute atomic E-state index is 0.205. The van der Waals surface area contributed by atoms with Gasteiger partial charge in [0.1, 0.15) is 0 Å². The predicted octanol–water partition coefficient (Wildman–Crippen LogP) is 6.04. The Morgan fingerprint density at radius 1 is 1.10 bits per heavy atom. The minimum atomic E-state index is 0.205. The van der Waals surface area contributed by atoms with Crippen LogP contribution in [-0.2, 0) is 6.42 Å². The molecule has 4 heteroatoms. The van der Waals surface area contributed by atoms with Gasteiger partial charge in [-0.2, -0.15) is 0 Å². The maximum absolute atomic E-state index is 6.15. The molecule has 1 atom stereocenters. The molecule has 112 valence electrons. The van der Waals surface area contributed by atoms with Crippen molar-refractivity contribution in [2.24, 2.45) is 0 Å². The van der Waals surface area contributed by atoms with Crippen LogP contribution in [0.1, 0.15) is 30.5 Å². The van der Waals surface area contributed by atoms with Crippen molar-refractivity contribution in [3.63, 3.8) is 0 Å². The number of hydrogen-bond acceptors (Lipinski definition) is 1. The highest BCUT2D eigenvalue weighted by atomic mass is 79.9. The SMILES string of the molecule is CCCNC(Cc1cccc(Cl)c1)c1cc(Cl)ccc1Br. The van der Waals surface area contributed by atoms with Crippen LogP contribution in [-0.4, -0.2) is 6.54 Å². The van der Waals surface area contributed by atoms with Crippen LogP contribution in [0.3, 0.4) is 0 Å². The zero-order valence-corrected chi connectivity index (χ0v) is 15.0. The molecular formula is C17H18BrCl2N. The van der Waals surface area contributed by atoms with E-state index in [9.17, 15) is 0 Å². The number of hydrogen-bond donors (Lipinski definition) is 1. The third kappa shape index (κ3) is 5.00. The summed E-state index contributed by atoms with van der Waals surface area (Å²) in [5.74, 6) is 0. The molecule has 0 aliphatic carbocycles. The molecule has 0 heterocycles. The van der Waals surface area contributed by atoms with Gasteiger partial charge in [-0.1, -0.05) is 58.2 Å². The lowest BCUT2D eigenvalue weighted by Crippen LogP contribution is -2.24. The van der Waals surface area contributed by atoms with Gasteiger partial charge in [0.25, 0.3) is 0 Å². The van der Waals surface area contributed by atoms with Crippen molar-refractivity contribution in [1.29, 1.82) is 0 Å². The molecule has 1 nitrogen and oxygen atoms in total. The molecule has 1 unspecified atom stereocenters. The lowest BCUT2D eigenvalue weighted by molar-refractivity contribution is 0.527. The zero-order chi connectivity index (χ0) is 15.2. The van der Waals surface area contributed by atoms with E-state index in [0.29, 0.717) is 0 Å². The molecule has 2 aromatic carbocycles. The van der Waals surface area contributed by atoms with Gasteiger partial charge < -0.3 is 5.32 Å². The van der Waals surface area contributed by atoms with Gasteiger partial charge in [-0.05, 0) is 60.8 Å². The fourth-order valence-corrected chi connectivity index (χ4v) is 3.21. The van der Waals surface area contributed by atoms with E-state index in [0.717, 1.165) is 33.9 Å². The van der Waals surface area contributed by atoms with Gasteiger partial charge in [0.2, 0.25) is 0 Å². The summed E-state index contributed by atoms with van der Waals surface area (Å²) in [4.78, 5) is 0. The van der Waals surface area contributed by atoms with Gasteiger partial charge in [0.15, 0.2) is 0 Å². The van der Waals surface area contributed by atoms with Gasteiger partial charge in [-0.25, -0.2) is 0 Å². The largest absolute Gasteiger partial charge is 0.310 e. The molecule has 0 radical (unpaired) electrons. The Morgan fingerprint density at radius 3 is 2.57 bits per heavy atom. The van der Waals surface area contributed by atoms with Crippen molar-refractivity contribution in [2.45, 2.75) is 25.8 Å². The van der Waals surface area contributed by atoms with Crippen LogP contribution in [0.25, 0.3) is 0 Å². The lowest BCUT2D eigenvalue weighted by atomic mass is 9.98. The molecule has 0 fully saturated rings. The molecule has 0 saturated carbocycles. The second-order valence-corrected chi connectivity index (χ2v) is 6.73. The van der Waals surface area contributed by atoms with Crippen molar-refractivity contribution in [2.75, 3.05) is 6.54 Å². The molecule has 0 bridgehead atoms. The summed E-state index contributed by atoms with van der Waals surface area (Å²) in [6, 6.07) is 14.1. The molecule has 0 aliphatic rings. The van der Waals surface area contributed by atoms with E-state index >= 15 is 0 Å². The first-order valence-corrected chi connectivity index (χ1v) is 8.58. The molecule has 0 spiro atoms. The van der Waals surface area contributed by atoms with Crippen LogP contribution in [0.2, 0.25) is 10.0 Å². The van der Waals surface area contributed by atoms with Crippen molar-refractivity contribution < 1.29 is 0 Å². The molecule has 0 aliphatic heterocycles. The van der Waals surface area contributed by atoms with Crippen molar-refractivity contribution >= 4 is 39.1 Å². The van der Waals surface area contributed by atoms with Gasteiger partial charge in [-0.15, -0.1) is 0 Å². The first-order valence-electron chi connectivity index (χ1n) is 7.03. The predicted molar refractivity (Wildman–Crippen MR) is 95.3 cm³/mol. The molecule has 0 saturated heterocycles. The monoisotopic (exact) mass is 385 g/mol. The number of rotatable bonds is 6. The highest BCUT2D eigenvalue weighted by molar-refractivity contribution is 9.10. The maximum Gasteiger partial charge on any atom is 0.0410 e. The van der Waals surface area contributed by atoms with Crippen LogP contribution in [0.4, 0.5) is 0 Å². The molecule has 2 rings (SSSR count). The number of nitrogens with one attached hydrogen (secondary N) is 1. The van der Waals surface area contributed by atoms with Crippen LogP contribution in [0, 0.1) is 0 Å². The van der Waals surface area contributed by atoms with Crippen molar-refractivity contribution in [1.82, 2.24) is 5.32 Å². The lowest BCUT2D eigenvalue weighted by Gasteiger charge is -2.21. The summed E-state index contributed by atoms with van der Waals surface area (Å²) in [5, 5.41) is 5.11. The van der Waals surface area contributed by atoms with E-state index in [2.05, 4.69) is 34.2 Å². The third-order valence-electron chi connectivity index (χ3n) is 3.30. The molecule has 0 amide bonds. The second kappa shape index (κ2) is 8.19. The number of halogens is 3. The molecular weight excluding hydrogens is 369 g/mol. The summed E-state index contributed by atoms with van der Waals surface area (Å²) in [5.41, 5.74) is 2.39. The Morgan fingerprint density at radius 2 is 1.86 bits per heavy atom. The summed E-state index contributed by atoms with van der Waals surface area (Å²) >= 11 is 15.9. The fraction of sp³-hybridized carbons (Fsp3) is 0.294. The second-order valence-electron chi connectivity index (χ2n) is 5.01. The van der Waals surface area contributed by atoms with Gasteiger partial charge >= 0.3 is 0 Å². The van der Waals surface area contributed by atoms with E-state index in [1.807, 2.05) is 36.4 Å². The molecule has 2 aromatic rings. The van der Waals surface area contributed by atoms with E-state index < -0.39 is 0 Å². The highest BCUT2D eigenvalue weighted by Crippen LogP contribution is 2.29. The fourth-order valence-electron chi connectivity index (χ4n) is 2.29. The quantitative estimate of drug-likeness (QED) is 0.638. The van der Waals surface area contributed by atoms with E-state index in [-0.39, 0.29) is 6.04 Å². The van der Waals surface area contributed by atoms with E-state index in [1.54, 1.807) is 0 Å². The summed E-state index contributed by atoms with van der Waals surface area (Å²) in [7, 11) is 0. The molecule has 1 N–H and O–H groups in total. The Kier molecular flexibility index (Phi) is 6.56. The highest BCUT2D eigenvalue weighted by Gasteiger charge is 2.15. The zero-order valence-electron chi connectivity index (χ0n) is 11.9. The normalized spacial score (nSPS) is 12.4. The van der Waals surface area contributed by atoms with Gasteiger partial charge in [0.05, 0.1) is 0 Å². The minimum Gasteiger partial charge on any atom is -0.310 e. The molecule has 0 aromatic heterocycles. The van der Waals surface area contributed by atoms with Gasteiger partial charge in [-0.3, -0.25) is 0 Å². The average Bonchev–Trinajstić information content (AvgIpc) is 2.46. The van der Waals surface area contributed by atoms with Crippen LogP contribution in [0.5, 0.6) is 0 Å². The summed E-state index contributed by atoms with van der Waals surface area (Å²) in [6.07, 6.45) is 1.96. The Balaban J connectivity index is 2.27. The summed E-state index contributed by atoms with van der Waals surface area (Å²) in [6.45, 7) is 3.13. The van der Waals surface area contributed by atoms with Crippen LogP contribution in [0.15, 0.2) is 46.9 Å². The number of benzene rings is 2. The van der Waals surface area contributed by atoms with Crippen molar-refractivity contribution in [3.05, 3.63) is 68.1 Å². The Bertz CT molecular complexity index is 601. The Hall–Kier alpha value is -0.540. The van der Waals surface area contributed by atoms with Gasteiger partial charge in [0, 0.05) is 20.6 Å². The first-order chi connectivity index (χ1) is 10.1. The topological polar surface area (TPSA) is 12.0 Å². The smallest absolute Gasteiger partial charge is 0.0410 e.